The monoisotopic (exact) mass is 398 g/mol. The zero-order valence-electron chi connectivity index (χ0n) is 13.5. The zero-order valence-corrected chi connectivity index (χ0v) is 15.8. The number of anilines is 1. The minimum absolute atomic E-state index is 0.160. The molecular weight excluding hydrogens is 383 g/mol. The maximum Gasteiger partial charge on any atom is 0.275 e. The smallest absolute Gasteiger partial charge is 0.275 e. The Morgan fingerprint density at radius 3 is 2.92 bits per heavy atom. The van der Waals surface area contributed by atoms with Crippen LogP contribution in [0.2, 0.25) is 10.0 Å². The molecule has 3 aromatic rings. The summed E-state index contributed by atoms with van der Waals surface area (Å²) < 4.78 is 6.94. The Bertz CT molecular complexity index is 942. The molecule has 6 nitrogen and oxygen atoms in total. The fourth-order valence-corrected chi connectivity index (χ4v) is 3.46. The average Bonchev–Trinajstić information content (AvgIpc) is 2.99. The van der Waals surface area contributed by atoms with E-state index < -0.39 is 0 Å². The van der Waals surface area contributed by atoms with E-state index in [4.69, 9.17) is 27.9 Å². The molecule has 0 aliphatic carbocycles. The molecule has 0 unspecified atom stereocenters. The van der Waals surface area contributed by atoms with Crippen LogP contribution >= 0.6 is 34.5 Å². The highest BCUT2D eigenvalue weighted by Crippen LogP contribution is 2.27. The molecule has 0 bridgehead atoms. The molecule has 132 valence electrons. The molecule has 2 heterocycles. The van der Waals surface area contributed by atoms with Crippen molar-refractivity contribution in [1.29, 1.82) is 0 Å². The average molecular weight is 399 g/mol. The molecule has 25 heavy (non-hydrogen) atoms. The molecule has 0 aliphatic heterocycles. The van der Waals surface area contributed by atoms with Gasteiger partial charge in [0.15, 0.2) is 0 Å². The lowest BCUT2D eigenvalue weighted by molar-refractivity contribution is 0.315. The molecule has 0 atom stereocenters. The highest BCUT2D eigenvalue weighted by atomic mass is 35.5. The number of rotatable bonds is 7. The van der Waals surface area contributed by atoms with Crippen LogP contribution in [0.5, 0.6) is 5.75 Å². The maximum absolute atomic E-state index is 12.0. The third-order valence-electron chi connectivity index (χ3n) is 3.41. The Labute approximate surface area is 158 Å². The van der Waals surface area contributed by atoms with Crippen molar-refractivity contribution in [3.05, 3.63) is 50.4 Å². The Morgan fingerprint density at radius 1 is 1.32 bits per heavy atom. The fourth-order valence-electron chi connectivity index (χ4n) is 2.15. The number of nitrogens with one attached hydrogen (secondary N) is 1. The summed E-state index contributed by atoms with van der Waals surface area (Å²) in [5.41, 5.74) is 0.611. The fraction of sp³-hybridized carbons (Fsp3) is 0.312. The minimum atomic E-state index is -0.160. The maximum atomic E-state index is 12.0. The number of ether oxygens (including phenoxy) is 1. The molecule has 1 N–H and O–H groups in total. The number of aryl methyl sites for hydroxylation is 1. The predicted octanol–water partition coefficient (Wildman–Crippen LogP) is 3.90. The summed E-state index contributed by atoms with van der Waals surface area (Å²) in [6.45, 7) is 3.11. The van der Waals surface area contributed by atoms with Crippen molar-refractivity contribution >= 4 is 44.6 Å². The largest absolute Gasteiger partial charge is 0.492 e. The predicted molar refractivity (Wildman–Crippen MR) is 102 cm³/mol. The molecule has 0 spiro atoms. The lowest BCUT2D eigenvalue weighted by atomic mass is 10.3. The summed E-state index contributed by atoms with van der Waals surface area (Å²) in [4.78, 5) is 17.0. The number of aromatic nitrogens is 3. The second-order valence-corrected chi connectivity index (χ2v) is 7.04. The van der Waals surface area contributed by atoms with Crippen molar-refractivity contribution in [3.63, 3.8) is 0 Å². The number of hydrogen-bond acceptors (Lipinski definition) is 6. The highest BCUT2D eigenvalue weighted by Gasteiger charge is 2.08. The van der Waals surface area contributed by atoms with Crippen molar-refractivity contribution in [2.75, 3.05) is 18.5 Å². The topological polar surface area (TPSA) is 68.5 Å². The number of benzene rings is 1. The molecule has 0 radical (unpaired) electrons. The molecule has 0 aliphatic rings. The van der Waals surface area contributed by atoms with Gasteiger partial charge in [-0.15, -0.1) is 5.10 Å². The van der Waals surface area contributed by atoms with Crippen LogP contribution in [0.15, 0.2) is 29.1 Å². The summed E-state index contributed by atoms with van der Waals surface area (Å²) >= 11 is 13.2. The van der Waals surface area contributed by atoms with E-state index in [-0.39, 0.29) is 5.56 Å². The lowest BCUT2D eigenvalue weighted by Gasteiger charge is -2.08. The van der Waals surface area contributed by atoms with Crippen molar-refractivity contribution in [2.24, 2.45) is 0 Å². The molecule has 0 saturated heterocycles. The van der Waals surface area contributed by atoms with Crippen LogP contribution in [-0.2, 0) is 6.42 Å². The standard InChI is InChI=1S/C16H16Cl2N4O2S/c1-2-11-9-14(23)22-16(20-11)25-15(21-22)19-6-3-7-24-13-5-4-10(17)8-12(13)18/h4-5,8-9H,2-3,6-7H2,1H3,(H,19,21). The van der Waals surface area contributed by atoms with E-state index in [0.29, 0.717) is 39.0 Å². The van der Waals surface area contributed by atoms with E-state index in [0.717, 1.165) is 18.5 Å². The summed E-state index contributed by atoms with van der Waals surface area (Å²) in [6.07, 6.45) is 1.47. The van der Waals surface area contributed by atoms with E-state index in [2.05, 4.69) is 15.4 Å². The van der Waals surface area contributed by atoms with E-state index in [9.17, 15) is 4.79 Å². The van der Waals surface area contributed by atoms with E-state index in [1.54, 1.807) is 18.2 Å². The highest BCUT2D eigenvalue weighted by molar-refractivity contribution is 7.20. The Morgan fingerprint density at radius 2 is 2.16 bits per heavy atom. The van der Waals surface area contributed by atoms with Crippen molar-refractivity contribution in [1.82, 2.24) is 14.6 Å². The van der Waals surface area contributed by atoms with Crippen LogP contribution in [0.1, 0.15) is 19.0 Å². The van der Waals surface area contributed by atoms with Gasteiger partial charge < -0.3 is 10.1 Å². The normalized spacial score (nSPS) is 11.0. The van der Waals surface area contributed by atoms with Crippen molar-refractivity contribution in [2.45, 2.75) is 19.8 Å². The van der Waals surface area contributed by atoms with Crippen LogP contribution in [0, 0.1) is 0 Å². The molecule has 0 fully saturated rings. The SMILES string of the molecule is CCc1cc(=O)n2nc(NCCCOc3ccc(Cl)cc3Cl)sc2n1. The summed E-state index contributed by atoms with van der Waals surface area (Å²) in [6, 6.07) is 6.64. The van der Waals surface area contributed by atoms with Gasteiger partial charge in [0, 0.05) is 23.3 Å². The summed E-state index contributed by atoms with van der Waals surface area (Å²) in [7, 11) is 0. The molecule has 2 aromatic heterocycles. The second-order valence-electron chi connectivity index (χ2n) is 5.24. The molecule has 0 saturated carbocycles. The minimum Gasteiger partial charge on any atom is -0.492 e. The second kappa shape index (κ2) is 8.03. The number of nitrogens with zero attached hydrogens (tertiary/aromatic N) is 3. The number of halogens is 2. The Kier molecular flexibility index (Phi) is 5.78. The van der Waals surface area contributed by atoms with Crippen LogP contribution in [-0.4, -0.2) is 27.7 Å². The molecular formula is C16H16Cl2N4O2S. The number of fused-ring (bicyclic) bond motifs is 1. The third kappa shape index (κ3) is 4.42. The van der Waals surface area contributed by atoms with Crippen LogP contribution in [0.4, 0.5) is 5.13 Å². The van der Waals surface area contributed by atoms with Crippen LogP contribution in [0.3, 0.4) is 0 Å². The van der Waals surface area contributed by atoms with Gasteiger partial charge in [-0.1, -0.05) is 41.5 Å². The molecule has 1 aromatic carbocycles. The first kappa shape index (κ1) is 18.0. The van der Waals surface area contributed by atoms with Gasteiger partial charge in [0.05, 0.1) is 11.6 Å². The summed E-state index contributed by atoms with van der Waals surface area (Å²) in [5, 5.41) is 9.14. The van der Waals surface area contributed by atoms with Crippen molar-refractivity contribution < 1.29 is 4.74 Å². The van der Waals surface area contributed by atoms with E-state index in [1.807, 2.05) is 6.92 Å². The van der Waals surface area contributed by atoms with E-state index in [1.165, 1.54) is 21.9 Å². The van der Waals surface area contributed by atoms with Gasteiger partial charge in [-0.25, -0.2) is 4.98 Å². The van der Waals surface area contributed by atoms with E-state index >= 15 is 0 Å². The third-order valence-corrected chi connectivity index (χ3v) is 4.81. The summed E-state index contributed by atoms with van der Waals surface area (Å²) in [5.74, 6) is 0.605. The zero-order chi connectivity index (χ0) is 17.8. The van der Waals surface area contributed by atoms with Crippen LogP contribution < -0.4 is 15.6 Å². The Balaban J connectivity index is 1.53. The van der Waals surface area contributed by atoms with Gasteiger partial charge in [0.2, 0.25) is 10.1 Å². The van der Waals surface area contributed by atoms with Gasteiger partial charge in [-0.3, -0.25) is 4.79 Å². The van der Waals surface area contributed by atoms with Gasteiger partial charge >= 0.3 is 0 Å². The first-order chi connectivity index (χ1) is 12.1. The number of hydrogen-bond donors (Lipinski definition) is 1. The quantitative estimate of drug-likeness (QED) is 0.611. The van der Waals surface area contributed by atoms with Gasteiger partial charge in [-0.2, -0.15) is 4.52 Å². The van der Waals surface area contributed by atoms with Gasteiger partial charge in [0.1, 0.15) is 5.75 Å². The van der Waals surface area contributed by atoms with Gasteiger partial charge in [0.25, 0.3) is 5.56 Å². The molecule has 9 heteroatoms. The lowest BCUT2D eigenvalue weighted by Crippen LogP contribution is -2.15. The molecule has 3 rings (SSSR count). The molecule has 0 amide bonds. The van der Waals surface area contributed by atoms with Crippen molar-refractivity contribution in [3.8, 4) is 5.75 Å². The first-order valence-corrected chi connectivity index (χ1v) is 9.35. The van der Waals surface area contributed by atoms with Gasteiger partial charge in [-0.05, 0) is 31.0 Å². The first-order valence-electron chi connectivity index (χ1n) is 7.78. The van der Waals surface area contributed by atoms with Crippen LogP contribution in [0.25, 0.3) is 4.96 Å². The Hall–Kier alpha value is -1.83.